The predicted molar refractivity (Wildman–Crippen MR) is 236 cm³/mol. The summed E-state index contributed by atoms with van der Waals surface area (Å²) in [6, 6.07) is 44.5. The molecule has 0 radical (unpaired) electrons. The lowest BCUT2D eigenvalue weighted by Crippen LogP contribution is -2.37. The zero-order valence-corrected chi connectivity index (χ0v) is 31.9. The topological polar surface area (TPSA) is 3.24 Å². The molecule has 0 N–H and O–H groups in total. The van der Waals surface area contributed by atoms with Crippen molar-refractivity contribution in [1.82, 2.24) is 0 Å². The highest BCUT2D eigenvalue weighted by Crippen LogP contribution is 2.45. The van der Waals surface area contributed by atoms with Crippen LogP contribution < -0.4 is 15.3 Å². The van der Waals surface area contributed by atoms with Gasteiger partial charge in [0, 0.05) is 40.3 Å². The zero-order valence-electron chi connectivity index (χ0n) is 31.9. The van der Waals surface area contributed by atoms with Crippen LogP contribution in [0.15, 0.2) is 181 Å². The molecule has 5 aromatic rings. The maximum atomic E-state index is 3.62. The Labute approximate surface area is 331 Å². The second-order valence-electron chi connectivity index (χ2n) is 15.7. The van der Waals surface area contributed by atoms with Gasteiger partial charge in [0.1, 0.15) is 0 Å². The van der Waals surface area contributed by atoms with E-state index in [1.165, 1.54) is 66.3 Å². The van der Waals surface area contributed by atoms with Gasteiger partial charge in [0.15, 0.2) is 0 Å². The number of hydrogen-bond donors (Lipinski definition) is 0. The van der Waals surface area contributed by atoms with E-state index in [0.29, 0.717) is 17.8 Å². The van der Waals surface area contributed by atoms with Crippen molar-refractivity contribution in [1.29, 1.82) is 0 Å². The van der Waals surface area contributed by atoms with Crippen molar-refractivity contribution in [2.45, 2.75) is 38.5 Å². The van der Waals surface area contributed by atoms with Crippen molar-refractivity contribution >= 4 is 34.7 Å². The predicted octanol–water partition coefficient (Wildman–Crippen LogP) is 11.9. The van der Waals surface area contributed by atoms with E-state index in [4.69, 9.17) is 0 Å². The Morgan fingerprint density at radius 1 is 0.714 bits per heavy atom. The molecule has 4 unspecified atom stereocenters. The van der Waals surface area contributed by atoms with Crippen molar-refractivity contribution < 1.29 is 0 Å². The fourth-order valence-corrected chi connectivity index (χ4v) is 9.57. The Morgan fingerprint density at radius 2 is 1.54 bits per heavy atom. The Bertz CT molecular complexity index is 2720. The minimum atomic E-state index is 0.218. The quantitative estimate of drug-likeness (QED) is 0.151. The number of anilines is 2. The van der Waals surface area contributed by atoms with Gasteiger partial charge >= 0.3 is 0 Å². The van der Waals surface area contributed by atoms with Crippen molar-refractivity contribution in [2.75, 3.05) is 4.90 Å². The molecule has 1 heteroatoms. The van der Waals surface area contributed by atoms with Crippen LogP contribution in [0.5, 0.6) is 0 Å². The van der Waals surface area contributed by atoms with Gasteiger partial charge in [-0.1, -0.05) is 182 Å². The molecule has 0 aromatic heterocycles. The van der Waals surface area contributed by atoms with Crippen LogP contribution in [-0.2, 0) is 6.42 Å². The van der Waals surface area contributed by atoms with E-state index in [1.807, 2.05) is 0 Å². The summed E-state index contributed by atoms with van der Waals surface area (Å²) in [5.74, 6) is 8.47. The van der Waals surface area contributed by atoms with Crippen LogP contribution >= 0.6 is 0 Å². The third kappa shape index (κ3) is 6.26. The first-order chi connectivity index (χ1) is 27.7. The van der Waals surface area contributed by atoms with Crippen molar-refractivity contribution in [2.24, 2.45) is 17.8 Å². The molecule has 0 bridgehead atoms. The van der Waals surface area contributed by atoms with E-state index >= 15 is 0 Å². The summed E-state index contributed by atoms with van der Waals surface area (Å²) < 4.78 is 0. The van der Waals surface area contributed by atoms with Gasteiger partial charge in [-0.05, 0) is 99.7 Å². The van der Waals surface area contributed by atoms with E-state index < -0.39 is 0 Å². The number of nitrogens with zero attached hydrogens (tertiary/aromatic N) is 1. The van der Waals surface area contributed by atoms with Crippen LogP contribution in [0.4, 0.5) is 11.4 Å². The maximum absolute atomic E-state index is 3.62. The highest BCUT2D eigenvalue weighted by atomic mass is 15.2. The van der Waals surface area contributed by atoms with E-state index in [2.05, 4.69) is 206 Å². The summed E-state index contributed by atoms with van der Waals surface area (Å²) in [5.41, 5.74) is 15.5. The van der Waals surface area contributed by atoms with Gasteiger partial charge in [0.05, 0.1) is 5.69 Å². The number of hydrogen-bond acceptors (Lipinski definition) is 1. The second kappa shape index (κ2) is 14.7. The Balaban J connectivity index is 1.06. The van der Waals surface area contributed by atoms with E-state index in [1.54, 1.807) is 0 Å². The lowest BCUT2D eigenvalue weighted by atomic mass is 9.70. The first-order valence-electron chi connectivity index (χ1n) is 20.3. The van der Waals surface area contributed by atoms with E-state index in [-0.39, 0.29) is 5.92 Å². The molecule has 0 heterocycles. The molecule has 0 fully saturated rings. The van der Waals surface area contributed by atoms with Gasteiger partial charge in [0.2, 0.25) is 0 Å². The Kier molecular flexibility index (Phi) is 8.97. The van der Waals surface area contributed by atoms with Crippen LogP contribution in [-0.4, -0.2) is 0 Å². The molecule has 4 atom stereocenters. The van der Waals surface area contributed by atoms with Crippen LogP contribution in [0.1, 0.15) is 54.4 Å². The molecule has 56 heavy (non-hydrogen) atoms. The Hall–Kier alpha value is -6.36. The first kappa shape index (κ1) is 34.2. The summed E-state index contributed by atoms with van der Waals surface area (Å²) in [5, 5.41) is 2.71. The number of para-hydroxylation sites is 1. The SMILES string of the molecule is CC1CC(N(c2ccc(-c3cccc4c3C=CCC4)cc2)c2ccccc2C2=CCC(c3ccccc3)C#C2)=CC=C1C1C=c2ccccc2=C2C=CC=CC21. The fraction of sp³-hybridized carbons (Fsp3) is 0.164. The summed E-state index contributed by atoms with van der Waals surface area (Å²) in [4.78, 5) is 2.51. The summed E-state index contributed by atoms with van der Waals surface area (Å²) in [6.45, 7) is 2.42. The molecular weight excluding hydrogens is 675 g/mol. The van der Waals surface area contributed by atoms with Crippen molar-refractivity contribution in [3.8, 4) is 23.0 Å². The van der Waals surface area contributed by atoms with Crippen LogP contribution in [0, 0.1) is 29.6 Å². The number of allylic oxidation sites excluding steroid dienone is 11. The molecule has 0 spiro atoms. The highest BCUT2D eigenvalue weighted by Gasteiger charge is 2.33. The minimum absolute atomic E-state index is 0.218. The third-order valence-corrected chi connectivity index (χ3v) is 12.4. The summed E-state index contributed by atoms with van der Waals surface area (Å²) in [7, 11) is 0. The molecule has 10 rings (SSSR count). The number of aryl methyl sites for hydroxylation is 1. The first-order valence-corrected chi connectivity index (χ1v) is 20.3. The number of benzene rings is 5. The Morgan fingerprint density at radius 3 is 2.39 bits per heavy atom. The number of fused-ring (bicyclic) bond motifs is 3. The van der Waals surface area contributed by atoms with E-state index in [9.17, 15) is 0 Å². The molecule has 270 valence electrons. The number of rotatable bonds is 7. The smallest absolute Gasteiger partial charge is 0.0543 e. The summed E-state index contributed by atoms with van der Waals surface area (Å²) >= 11 is 0. The molecule has 5 aromatic carbocycles. The zero-order chi connectivity index (χ0) is 37.4. The van der Waals surface area contributed by atoms with Gasteiger partial charge in [-0.25, -0.2) is 0 Å². The standard InChI is InChI=1S/C55H45N/c1-38-36-46(34-35-47(38)54-37-44-17-6-8-20-50(44)52-22-9-10-23-53(52)54)56(45-32-30-42(31-33-45)49-24-13-18-41-16-5-7-19-48(41)49)55-25-12-11-21-51(55)43-28-26-40(27-29-43)39-14-3-2-4-15-39/h2-4,6-15,17-25,28,30-35,37-38,40,53-54H,5,16,26,36H2,1H3. The molecule has 1 nitrogen and oxygen atoms in total. The summed E-state index contributed by atoms with van der Waals surface area (Å²) in [6.07, 6.45) is 27.6. The largest absolute Gasteiger partial charge is 0.314 e. The molecule has 0 saturated heterocycles. The third-order valence-electron chi connectivity index (χ3n) is 12.4. The lowest BCUT2D eigenvalue weighted by molar-refractivity contribution is 0.545. The molecule has 5 aliphatic carbocycles. The minimum Gasteiger partial charge on any atom is -0.314 e. The monoisotopic (exact) mass is 719 g/mol. The lowest BCUT2D eigenvalue weighted by Gasteiger charge is -2.37. The van der Waals surface area contributed by atoms with Crippen molar-refractivity contribution in [3.63, 3.8) is 0 Å². The average Bonchev–Trinajstić information content (AvgIpc) is 3.27. The maximum Gasteiger partial charge on any atom is 0.0543 e. The fourth-order valence-electron chi connectivity index (χ4n) is 9.57. The van der Waals surface area contributed by atoms with E-state index in [0.717, 1.165) is 36.9 Å². The van der Waals surface area contributed by atoms with Gasteiger partial charge < -0.3 is 4.90 Å². The van der Waals surface area contributed by atoms with Gasteiger partial charge in [-0.3, -0.25) is 0 Å². The molecule has 0 saturated carbocycles. The second-order valence-corrected chi connectivity index (χ2v) is 15.7. The normalized spacial score (nSPS) is 21.6. The van der Waals surface area contributed by atoms with Crippen molar-refractivity contribution in [3.05, 3.63) is 214 Å². The van der Waals surface area contributed by atoms with Gasteiger partial charge in [-0.2, -0.15) is 0 Å². The average molecular weight is 720 g/mol. The molecular formula is C55H45N. The molecule has 0 amide bonds. The molecule has 0 aliphatic heterocycles. The van der Waals surface area contributed by atoms with Gasteiger partial charge in [-0.15, -0.1) is 0 Å². The highest BCUT2D eigenvalue weighted by molar-refractivity contribution is 5.90. The van der Waals surface area contributed by atoms with Crippen LogP contribution in [0.2, 0.25) is 0 Å². The van der Waals surface area contributed by atoms with Gasteiger partial charge in [0.25, 0.3) is 0 Å². The van der Waals surface area contributed by atoms with Crippen LogP contribution in [0.3, 0.4) is 0 Å². The molecule has 5 aliphatic rings. The van der Waals surface area contributed by atoms with Crippen LogP contribution in [0.25, 0.3) is 34.4 Å².